The van der Waals surface area contributed by atoms with Crippen LogP contribution in [0.2, 0.25) is 0 Å². The first-order valence-electron chi connectivity index (χ1n) is 4.36. The van der Waals surface area contributed by atoms with E-state index in [1.807, 2.05) is 12.1 Å². The summed E-state index contributed by atoms with van der Waals surface area (Å²) in [7, 11) is 0. The summed E-state index contributed by atoms with van der Waals surface area (Å²) in [6.45, 7) is 2.15. The van der Waals surface area contributed by atoms with Crippen LogP contribution in [0.3, 0.4) is 0 Å². The molecule has 1 rings (SSSR count). The van der Waals surface area contributed by atoms with Crippen molar-refractivity contribution >= 4 is 15.9 Å². The highest BCUT2D eigenvalue weighted by atomic mass is 79.9. The van der Waals surface area contributed by atoms with E-state index in [2.05, 4.69) is 41.1 Å². The molecule has 2 heteroatoms. The fourth-order valence-corrected chi connectivity index (χ4v) is 1.50. The third-order valence-corrected chi connectivity index (χ3v) is 2.66. The van der Waals surface area contributed by atoms with Gasteiger partial charge in [0, 0.05) is 10.9 Å². The molecule has 0 aliphatic rings. The predicted octanol–water partition coefficient (Wildman–Crippen LogP) is 3.86. The maximum absolute atomic E-state index is 8.45. The van der Waals surface area contributed by atoms with Gasteiger partial charge in [0.2, 0.25) is 0 Å². The van der Waals surface area contributed by atoms with Crippen molar-refractivity contribution in [2.24, 2.45) is 0 Å². The Hall–Kier alpha value is -0.810. The molecule has 0 amide bonds. The van der Waals surface area contributed by atoms with Gasteiger partial charge in [-0.05, 0) is 30.0 Å². The van der Waals surface area contributed by atoms with Crippen LogP contribution in [0.15, 0.2) is 28.7 Å². The number of benzene rings is 1. The van der Waals surface area contributed by atoms with E-state index in [9.17, 15) is 0 Å². The molecule has 1 unspecified atom stereocenters. The molecule has 1 aromatic carbocycles. The Morgan fingerprint density at radius 3 is 2.54 bits per heavy atom. The van der Waals surface area contributed by atoms with Crippen molar-refractivity contribution in [1.29, 1.82) is 5.26 Å². The van der Waals surface area contributed by atoms with Crippen LogP contribution in [-0.2, 0) is 0 Å². The molecule has 1 atom stereocenters. The molecule has 0 aliphatic heterocycles. The first-order valence-corrected chi connectivity index (χ1v) is 5.15. The SMILES string of the molecule is CC(CCC#N)c1ccc(Br)cc1. The first kappa shape index (κ1) is 10.3. The molecule has 0 bridgehead atoms. The van der Waals surface area contributed by atoms with Crippen molar-refractivity contribution in [3.05, 3.63) is 34.3 Å². The number of nitriles is 1. The Balaban J connectivity index is 2.62. The average molecular weight is 238 g/mol. The number of hydrogen-bond donors (Lipinski definition) is 0. The Bertz CT molecular complexity index is 297. The molecule has 1 nitrogen and oxygen atoms in total. The summed E-state index contributed by atoms with van der Waals surface area (Å²) < 4.78 is 1.10. The predicted molar refractivity (Wildman–Crippen MR) is 57.4 cm³/mol. The highest BCUT2D eigenvalue weighted by molar-refractivity contribution is 9.10. The number of rotatable bonds is 3. The van der Waals surface area contributed by atoms with Gasteiger partial charge in [-0.15, -0.1) is 0 Å². The van der Waals surface area contributed by atoms with Gasteiger partial charge >= 0.3 is 0 Å². The van der Waals surface area contributed by atoms with Gasteiger partial charge in [0.25, 0.3) is 0 Å². The minimum Gasteiger partial charge on any atom is -0.198 e. The topological polar surface area (TPSA) is 23.8 Å². The maximum Gasteiger partial charge on any atom is 0.0621 e. The second-order valence-electron chi connectivity index (χ2n) is 3.15. The average Bonchev–Trinajstić information content (AvgIpc) is 2.15. The molecule has 0 saturated carbocycles. The second kappa shape index (κ2) is 5.04. The molecule has 0 aliphatic carbocycles. The molecular formula is C11H12BrN. The molecular weight excluding hydrogens is 226 g/mol. The molecule has 68 valence electrons. The van der Waals surface area contributed by atoms with E-state index in [0.29, 0.717) is 12.3 Å². The van der Waals surface area contributed by atoms with Gasteiger partial charge in [0.15, 0.2) is 0 Å². The minimum absolute atomic E-state index is 0.479. The number of halogens is 1. The Morgan fingerprint density at radius 1 is 1.38 bits per heavy atom. The molecule has 0 aromatic heterocycles. The maximum atomic E-state index is 8.45. The molecule has 0 saturated heterocycles. The zero-order valence-electron chi connectivity index (χ0n) is 7.63. The van der Waals surface area contributed by atoms with E-state index >= 15 is 0 Å². The summed E-state index contributed by atoms with van der Waals surface area (Å²) >= 11 is 3.39. The lowest BCUT2D eigenvalue weighted by molar-refractivity contribution is 0.695. The number of nitrogens with zero attached hydrogens (tertiary/aromatic N) is 1. The molecule has 0 radical (unpaired) electrons. The van der Waals surface area contributed by atoms with Crippen LogP contribution < -0.4 is 0 Å². The van der Waals surface area contributed by atoms with Gasteiger partial charge in [-0.25, -0.2) is 0 Å². The van der Waals surface area contributed by atoms with Gasteiger partial charge in [0.1, 0.15) is 0 Å². The first-order chi connectivity index (χ1) is 6.24. The Labute approximate surface area is 87.5 Å². The molecule has 0 fully saturated rings. The summed E-state index contributed by atoms with van der Waals surface area (Å²) in [4.78, 5) is 0. The number of hydrogen-bond acceptors (Lipinski definition) is 1. The van der Waals surface area contributed by atoms with E-state index in [-0.39, 0.29) is 0 Å². The van der Waals surface area contributed by atoms with E-state index in [0.717, 1.165) is 10.9 Å². The van der Waals surface area contributed by atoms with Crippen molar-refractivity contribution in [3.63, 3.8) is 0 Å². The van der Waals surface area contributed by atoms with Gasteiger partial charge in [-0.3, -0.25) is 0 Å². The molecule has 0 N–H and O–H groups in total. The van der Waals surface area contributed by atoms with Crippen LogP contribution in [0.1, 0.15) is 31.2 Å². The Kier molecular flexibility index (Phi) is 3.98. The lowest BCUT2D eigenvalue weighted by atomic mass is 9.97. The van der Waals surface area contributed by atoms with Gasteiger partial charge in [-0.1, -0.05) is 35.0 Å². The lowest BCUT2D eigenvalue weighted by Gasteiger charge is -2.09. The van der Waals surface area contributed by atoms with Crippen molar-refractivity contribution in [2.75, 3.05) is 0 Å². The zero-order valence-corrected chi connectivity index (χ0v) is 9.21. The van der Waals surface area contributed by atoms with Crippen LogP contribution in [0.4, 0.5) is 0 Å². The van der Waals surface area contributed by atoms with Crippen molar-refractivity contribution in [2.45, 2.75) is 25.7 Å². The summed E-state index contributed by atoms with van der Waals surface area (Å²) in [5.41, 5.74) is 1.30. The van der Waals surface area contributed by atoms with Crippen molar-refractivity contribution in [1.82, 2.24) is 0 Å². The Morgan fingerprint density at radius 2 is 2.00 bits per heavy atom. The smallest absolute Gasteiger partial charge is 0.0621 e. The summed E-state index contributed by atoms with van der Waals surface area (Å²) in [5, 5.41) is 8.45. The van der Waals surface area contributed by atoms with Crippen LogP contribution in [-0.4, -0.2) is 0 Å². The molecule has 0 heterocycles. The second-order valence-corrected chi connectivity index (χ2v) is 4.07. The van der Waals surface area contributed by atoms with Crippen LogP contribution in [0, 0.1) is 11.3 Å². The standard InChI is InChI=1S/C11H12BrN/c1-9(3-2-8-13)10-4-6-11(12)7-5-10/h4-7,9H,2-3H2,1H3. The highest BCUT2D eigenvalue weighted by Gasteiger charge is 2.03. The third kappa shape index (κ3) is 3.20. The molecule has 1 aromatic rings. The van der Waals surface area contributed by atoms with Crippen molar-refractivity contribution in [3.8, 4) is 6.07 Å². The van der Waals surface area contributed by atoms with Crippen LogP contribution >= 0.6 is 15.9 Å². The summed E-state index contributed by atoms with van der Waals surface area (Å²) in [6.07, 6.45) is 1.58. The van der Waals surface area contributed by atoms with Crippen LogP contribution in [0.5, 0.6) is 0 Å². The normalized spacial score (nSPS) is 12.1. The third-order valence-electron chi connectivity index (χ3n) is 2.13. The van der Waals surface area contributed by atoms with E-state index in [1.54, 1.807) is 0 Å². The summed E-state index contributed by atoms with van der Waals surface area (Å²) in [6, 6.07) is 10.5. The van der Waals surface area contributed by atoms with E-state index < -0.39 is 0 Å². The highest BCUT2D eigenvalue weighted by Crippen LogP contribution is 2.21. The fraction of sp³-hybridized carbons (Fsp3) is 0.364. The quantitative estimate of drug-likeness (QED) is 0.784. The largest absolute Gasteiger partial charge is 0.198 e. The molecule has 0 spiro atoms. The minimum atomic E-state index is 0.479. The molecule has 13 heavy (non-hydrogen) atoms. The van der Waals surface area contributed by atoms with Gasteiger partial charge < -0.3 is 0 Å². The fourth-order valence-electron chi connectivity index (χ4n) is 1.24. The van der Waals surface area contributed by atoms with Gasteiger partial charge in [0.05, 0.1) is 6.07 Å². The lowest BCUT2D eigenvalue weighted by Crippen LogP contribution is -1.92. The summed E-state index contributed by atoms with van der Waals surface area (Å²) in [5.74, 6) is 0.479. The van der Waals surface area contributed by atoms with E-state index in [1.165, 1.54) is 5.56 Å². The zero-order chi connectivity index (χ0) is 9.68. The van der Waals surface area contributed by atoms with Gasteiger partial charge in [-0.2, -0.15) is 5.26 Å². The van der Waals surface area contributed by atoms with Crippen LogP contribution in [0.25, 0.3) is 0 Å². The van der Waals surface area contributed by atoms with E-state index in [4.69, 9.17) is 5.26 Å². The van der Waals surface area contributed by atoms with Crippen molar-refractivity contribution < 1.29 is 0 Å². The monoisotopic (exact) mass is 237 g/mol.